The van der Waals surface area contributed by atoms with Gasteiger partial charge >= 0.3 is 0 Å². The second-order valence-corrected chi connectivity index (χ2v) is 6.75. The van der Waals surface area contributed by atoms with Crippen molar-refractivity contribution in [3.8, 4) is 0 Å². The van der Waals surface area contributed by atoms with E-state index in [2.05, 4.69) is 55.8 Å². The fraction of sp³-hybridized carbons (Fsp3) is 0.667. The van der Waals surface area contributed by atoms with Crippen LogP contribution in [0, 0.1) is 20.8 Å². The molecule has 2 atom stereocenters. The lowest BCUT2D eigenvalue weighted by atomic mass is 10.0. The highest BCUT2D eigenvalue weighted by atomic mass is 32.2. The quantitative estimate of drug-likeness (QED) is 0.900. The summed E-state index contributed by atoms with van der Waals surface area (Å²) < 4.78 is 0. The van der Waals surface area contributed by atoms with Gasteiger partial charge in [0.25, 0.3) is 0 Å². The molecule has 0 aromatic carbocycles. The van der Waals surface area contributed by atoms with E-state index in [9.17, 15) is 0 Å². The van der Waals surface area contributed by atoms with E-state index in [-0.39, 0.29) is 0 Å². The normalized spacial score (nSPS) is 21.2. The maximum absolute atomic E-state index is 4.59. The highest BCUT2D eigenvalue weighted by Gasteiger charge is 2.18. The summed E-state index contributed by atoms with van der Waals surface area (Å²) in [5, 5.41) is 4.49. The molecule has 100 valence electrons. The summed E-state index contributed by atoms with van der Waals surface area (Å²) in [6.45, 7) is 9.76. The second kappa shape index (κ2) is 6.07. The third-order valence-electron chi connectivity index (χ3n) is 3.69. The van der Waals surface area contributed by atoms with Crippen LogP contribution in [0.2, 0.25) is 0 Å². The zero-order valence-electron chi connectivity index (χ0n) is 11.9. The van der Waals surface area contributed by atoms with Crippen LogP contribution in [0.15, 0.2) is 6.07 Å². The predicted octanol–water partition coefficient (Wildman–Crippen LogP) is 3.55. The van der Waals surface area contributed by atoms with Crippen molar-refractivity contribution in [1.82, 2.24) is 10.3 Å². The average molecular weight is 264 g/mol. The predicted molar refractivity (Wildman–Crippen MR) is 80.3 cm³/mol. The Morgan fingerprint density at radius 3 is 2.83 bits per heavy atom. The number of hydrogen-bond donors (Lipinski definition) is 1. The van der Waals surface area contributed by atoms with Crippen LogP contribution in [0.1, 0.15) is 48.3 Å². The monoisotopic (exact) mass is 264 g/mol. The molecule has 1 saturated heterocycles. The van der Waals surface area contributed by atoms with E-state index in [1.54, 1.807) is 0 Å². The van der Waals surface area contributed by atoms with Gasteiger partial charge in [0.2, 0.25) is 0 Å². The highest BCUT2D eigenvalue weighted by Crippen LogP contribution is 2.27. The number of rotatable bonds is 4. The molecule has 1 N–H and O–H groups in total. The number of aromatic nitrogens is 1. The molecular formula is C15H24N2S. The largest absolute Gasteiger partial charge is 0.309 e. The molecule has 3 heteroatoms. The molecule has 1 aliphatic heterocycles. The lowest BCUT2D eigenvalue weighted by Crippen LogP contribution is -2.27. The molecule has 0 amide bonds. The first-order valence-electron chi connectivity index (χ1n) is 6.87. The first-order chi connectivity index (χ1) is 8.58. The first kappa shape index (κ1) is 13.9. The van der Waals surface area contributed by atoms with Crippen molar-refractivity contribution >= 4 is 11.8 Å². The van der Waals surface area contributed by atoms with Crippen LogP contribution in [0.5, 0.6) is 0 Å². The smallest absolute Gasteiger partial charge is 0.0426 e. The second-order valence-electron chi connectivity index (χ2n) is 5.34. The Labute approximate surface area is 115 Å². The van der Waals surface area contributed by atoms with E-state index in [0.717, 1.165) is 17.5 Å². The summed E-state index contributed by atoms with van der Waals surface area (Å²) in [6.07, 6.45) is 2.75. The van der Waals surface area contributed by atoms with Crippen LogP contribution < -0.4 is 5.32 Å². The summed E-state index contributed by atoms with van der Waals surface area (Å²) in [6, 6.07) is 2.59. The molecule has 2 unspecified atom stereocenters. The SMILES string of the molecule is Cc1cc(C)c(C(C)NCC2CCCS2)c(C)n1. The number of nitrogens with one attached hydrogen (secondary N) is 1. The standard InChI is InChI=1S/C15H24N2S/c1-10-8-11(2)17-13(4)15(10)12(3)16-9-14-6-5-7-18-14/h8,12,14,16H,5-7,9H2,1-4H3. The molecule has 2 nitrogen and oxygen atoms in total. The maximum Gasteiger partial charge on any atom is 0.0426 e. The molecule has 18 heavy (non-hydrogen) atoms. The summed E-state index contributed by atoms with van der Waals surface area (Å²) in [7, 11) is 0. The minimum absolute atomic E-state index is 0.402. The van der Waals surface area contributed by atoms with Gasteiger partial charge in [-0.1, -0.05) is 0 Å². The van der Waals surface area contributed by atoms with Gasteiger partial charge in [0.1, 0.15) is 0 Å². The van der Waals surface area contributed by atoms with Crippen molar-refractivity contribution in [2.24, 2.45) is 0 Å². The van der Waals surface area contributed by atoms with Gasteiger partial charge in [0.05, 0.1) is 0 Å². The van der Waals surface area contributed by atoms with Gasteiger partial charge in [0, 0.05) is 29.2 Å². The van der Waals surface area contributed by atoms with E-state index in [1.807, 2.05) is 0 Å². The molecule has 0 bridgehead atoms. The van der Waals surface area contributed by atoms with Gasteiger partial charge in [-0.05, 0) is 63.5 Å². The zero-order valence-corrected chi connectivity index (χ0v) is 12.7. The summed E-state index contributed by atoms with van der Waals surface area (Å²) >= 11 is 2.11. The fourth-order valence-corrected chi connectivity index (χ4v) is 4.12. The Kier molecular flexibility index (Phi) is 4.68. The summed E-state index contributed by atoms with van der Waals surface area (Å²) in [5.41, 5.74) is 5.03. The Hall–Kier alpha value is -0.540. The molecule has 0 saturated carbocycles. The number of thioether (sulfide) groups is 1. The number of nitrogens with zero attached hydrogens (tertiary/aromatic N) is 1. The molecule has 0 aliphatic carbocycles. The van der Waals surface area contributed by atoms with Crippen LogP contribution in [0.3, 0.4) is 0 Å². The molecule has 1 aromatic rings. The van der Waals surface area contributed by atoms with Crippen LogP contribution in [-0.2, 0) is 0 Å². The van der Waals surface area contributed by atoms with Crippen LogP contribution in [-0.4, -0.2) is 22.5 Å². The van der Waals surface area contributed by atoms with Crippen LogP contribution >= 0.6 is 11.8 Å². The maximum atomic E-state index is 4.59. The Bertz CT molecular complexity index is 388. The van der Waals surface area contributed by atoms with Gasteiger partial charge < -0.3 is 5.32 Å². The minimum Gasteiger partial charge on any atom is -0.309 e. The van der Waals surface area contributed by atoms with Crippen LogP contribution in [0.4, 0.5) is 0 Å². The number of aryl methyl sites for hydroxylation is 3. The Morgan fingerprint density at radius 2 is 2.22 bits per heavy atom. The molecule has 1 aromatic heterocycles. The van der Waals surface area contributed by atoms with Crippen molar-refractivity contribution < 1.29 is 0 Å². The van der Waals surface area contributed by atoms with E-state index in [0.29, 0.717) is 6.04 Å². The van der Waals surface area contributed by atoms with Gasteiger partial charge in [0.15, 0.2) is 0 Å². The molecule has 2 heterocycles. The van der Waals surface area contributed by atoms with Crippen molar-refractivity contribution in [3.05, 3.63) is 28.6 Å². The lowest BCUT2D eigenvalue weighted by molar-refractivity contribution is 0.553. The Morgan fingerprint density at radius 1 is 1.44 bits per heavy atom. The third kappa shape index (κ3) is 3.27. The van der Waals surface area contributed by atoms with Gasteiger partial charge in [-0.2, -0.15) is 11.8 Å². The minimum atomic E-state index is 0.402. The zero-order chi connectivity index (χ0) is 13.1. The van der Waals surface area contributed by atoms with Crippen LogP contribution in [0.25, 0.3) is 0 Å². The third-order valence-corrected chi connectivity index (χ3v) is 5.09. The van der Waals surface area contributed by atoms with Crippen molar-refractivity contribution in [1.29, 1.82) is 0 Å². The number of hydrogen-bond acceptors (Lipinski definition) is 3. The van der Waals surface area contributed by atoms with E-state index in [4.69, 9.17) is 0 Å². The topological polar surface area (TPSA) is 24.9 Å². The van der Waals surface area contributed by atoms with E-state index < -0.39 is 0 Å². The molecule has 2 rings (SSSR count). The summed E-state index contributed by atoms with van der Waals surface area (Å²) in [4.78, 5) is 4.59. The lowest BCUT2D eigenvalue weighted by Gasteiger charge is -2.20. The highest BCUT2D eigenvalue weighted by molar-refractivity contribution is 8.00. The first-order valence-corrected chi connectivity index (χ1v) is 7.92. The van der Waals surface area contributed by atoms with Crippen molar-refractivity contribution in [2.45, 2.75) is 51.8 Å². The van der Waals surface area contributed by atoms with E-state index in [1.165, 1.54) is 35.4 Å². The van der Waals surface area contributed by atoms with Gasteiger partial charge in [-0.3, -0.25) is 4.98 Å². The summed E-state index contributed by atoms with van der Waals surface area (Å²) in [5.74, 6) is 1.34. The molecule has 1 fully saturated rings. The van der Waals surface area contributed by atoms with Gasteiger partial charge in [-0.15, -0.1) is 0 Å². The molecule has 0 spiro atoms. The van der Waals surface area contributed by atoms with Gasteiger partial charge in [-0.25, -0.2) is 0 Å². The number of pyridine rings is 1. The molecule has 0 radical (unpaired) electrons. The average Bonchev–Trinajstić information content (AvgIpc) is 2.77. The Balaban J connectivity index is 2.01. The fourth-order valence-electron chi connectivity index (χ4n) is 2.90. The van der Waals surface area contributed by atoms with Crippen molar-refractivity contribution in [3.63, 3.8) is 0 Å². The molecule has 1 aliphatic rings. The molecular weight excluding hydrogens is 240 g/mol. The van der Waals surface area contributed by atoms with E-state index >= 15 is 0 Å². The van der Waals surface area contributed by atoms with Crippen molar-refractivity contribution in [2.75, 3.05) is 12.3 Å².